The van der Waals surface area contributed by atoms with Gasteiger partial charge in [-0.25, -0.2) is 4.79 Å². The fourth-order valence-electron chi connectivity index (χ4n) is 1.10. The van der Waals surface area contributed by atoms with Crippen molar-refractivity contribution in [2.24, 2.45) is 0 Å². The third-order valence-corrected chi connectivity index (χ3v) is 1.86. The predicted molar refractivity (Wildman–Crippen MR) is 63.5 cm³/mol. The molecule has 0 fully saturated rings. The summed E-state index contributed by atoms with van der Waals surface area (Å²) in [4.78, 5) is 24.5. The van der Waals surface area contributed by atoms with Gasteiger partial charge in [0, 0.05) is 14.1 Å². The SMILES string of the molecule is C[C@@H](O)[C@H](NC(=O)OC(C)(C)C)C(=O)N(C)C. The Labute approximate surface area is 102 Å². The van der Waals surface area contributed by atoms with Crippen LogP contribution in [0.3, 0.4) is 0 Å². The highest BCUT2D eigenvalue weighted by Gasteiger charge is 2.28. The Balaban J connectivity index is 4.57. The molecule has 0 saturated heterocycles. The van der Waals surface area contributed by atoms with Crippen LogP contribution in [0.1, 0.15) is 27.7 Å². The average molecular weight is 246 g/mol. The maximum atomic E-state index is 11.7. The molecule has 2 atom stereocenters. The average Bonchev–Trinajstić information content (AvgIpc) is 2.09. The highest BCUT2D eigenvalue weighted by atomic mass is 16.6. The van der Waals surface area contributed by atoms with Gasteiger partial charge < -0.3 is 20.1 Å². The number of carbonyl (C=O) groups excluding carboxylic acids is 2. The Kier molecular flexibility index (Phi) is 5.41. The molecule has 0 aromatic carbocycles. The van der Waals surface area contributed by atoms with Crippen LogP contribution >= 0.6 is 0 Å². The van der Waals surface area contributed by atoms with Crippen molar-refractivity contribution in [3.8, 4) is 0 Å². The molecule has 0 aromatic heterocycles. The van der Waals surface area contributed by atoms with Gasteiger partial charge in [0.2, 0.25) is 5.91 Å². The van der Waals surface area contributed by atoms with Gasteiger partial charge in [0.05, 0.1) is 6.10 Å². The molecule has 0 heterocycles. The molecule has 0 aliphatic carbocycles. The first-order valence-corrected chi connectivity index (χ1v) is 5.43. The highest BCUT2D eigenvalue weighted by molar-refractivity contribution is 5.85. The van der Waals surface area contributed by atoms with E-state index in [9.17, 15) is 14.7 Å². The van der Waals surface area contributed by atoms with Crippen LogP contribution in [-0.2, 0) is 9.53 Å². The number of ether oxygens (including phenoxy) is 1. The number of aliphatic hydroxyl groups excluding tert-OH is 1. The summed E-state index contributed by atoms with van der Waals surface area (Å²) >= 11 is 0. The summed E-state index contributed by atoms with van der Waals surface area (Å²) in [6, 6.07) is -1.00. The first-order valence-electron chi connectivity index (χ1n) is 5.43. The number of nitrogens with zero attached hydrogens (tertiary/aromatic N) is 1. The Morgan fingerprint density at radius 3 is 2.06 bits per heavy atom. The molecule has 6 nitrogen and oxygen atoms in total. The summed E-state index contributed by atoms with van der Waals surface area (Å²) < 4.78 is 5.02. The van der Waals surface area contributed by atoms with Crippen LogP contribution in [0, 0.1) is 0 Å². The molecule has 0 bridgehead atoms. The number of rotatable bonds is 3. The second kappa shape index (κ2) is 5.86. The lowest BCUT2D eigenvalue weighted by Crippen LogP contribution is -2.52. The van der Waals surface area contributed by atoms with E-state index in [2.05, 4.69) is 5.32 Å². The number of alkyl carbamates (subject to hydrolysis) is 1. The molecule has 0 radical (unpaired) electrons. The summed E-state index contributed by atoms with van der Waals surface area (Å²) in [5.74, 6) is -0.383. The van der Waals surface area contributed by atoms with E-state index in [4.69, 9.17) is 4.74 Å². The summed E-state index contributed by atoms with van der Waals surface area (Å²) in [5, 5.41) is 11.8. The summed E-state index contributed by atoms with van der Waals surface area (Å²) in [6.07, 6.45) is -1.71. The number of hydrogen-bond donors (Lipinski definition) is 2. The van der Waals surface area contributed by atoms with Gasteiger partial charge in [-0.2, -0.15) is 0 Å². The monoisotopic (exact) mass is 246 g/mol. The molecular formula is C11H22N2O4. The van der Waals surface area contributed by atoms with Crippen LogP contribution in [0.25, 0.3) is 0 Å². The molecule has 2 amide bonds. The standard InChI is InChI=1S/C11H22N2O4/c1-7(14)8(9(15)13(5)6)12-10(16)17-11(2,3)4/h7-8,14H,1-6H3,(H,12,16)/t7-,8+/m1/s1. The third-order valence-electron chi connectivity index (χ3n) is 1.86. The number of likely N-dealkylation sites (N-methyl/N-ethyl adjacent to an activating group) is 1. The number of nitrogens with one attached hydrogen (secondary N) is 1. The van der Waals surface area contributed by atoms with E-state index in [1.54, 1.807) is 34.9 Å². The van der Waals surface area contributed by atoms with Crippen LogP contribution in [0.15, 0.2) is 0 Å². The summed E-state index contributed by atoms with van der Waals surface area (Å²) in [7, 11) is 3.10. The smallest absolute Gasteiger partial charge is 0.408 e. The number of aliphatic hydroxyl groups is 1. The van der Waals surface area contributed by atoms with Gasteiger partial charge >= 0.3 is 6.09 Å². The lowest BCUT2D eigenvalue weighted by atomic mass is 10.1. The molecule has 0 unspecified atom stereocenters. The van der Waals surface area contributed by atoms with Crippen LogP contribution in [0.5, 0.6) is 0 Å². The Bertz CT molecular complexity index is 282. The Morgan fingerprint density at radius 1 is 1.29 bits per heavy atom. The van der Waals surface area contributed by atoms with Gasteiger partial charge in [-0.3, -0.25) is 4.79 Å². The lowest BCUT2D eigenvalue weighted by Gasteiger charge is -2.26. The summed E-state index contributed by atoms with van der Waals surface area (Å²) in [5.41, 5.74) is -0.644. The molecular weight excluding hydrogens is 224 g/mol. The second-order valence-corrected chi connectivity index (χ2v) is 5.10. The van der Waals surface area contributed by atoms with E-state index >= 15 is 0 Å². The number of hydrogen-bond acceptors (Lipinski definition) is 4. The minimum Gasteiger partial charge on any atom is -0.444 e. The summed E-state index contributed by atoms with van der Waals surface area (Å²) in [6.45, 7) is 6.59. The maximum absolute atomic E-state index is 11.7. The van der Waals surface area contributed by atoms with Crippen molar-refractivity contribution in [1.82, 2.24) is 10.2 Å². The van der Waals surface area contributed by atoms with Gasteiger partial charge in [-0.05, 0) is 27.7 Å². The molecule has 0 saturated carbocycles. The van der Waals surface area contributed by atoms with Crippen molar-refractivity contribution in [3.05, 3.63) is 0 Å². The highest BCUT2D eigenvalue weighted by Crippen LogP contribution is 2.07. The lowest BCUT2D eigenvalue weighted by molar-refractivity contribution is -0.133. The molecule has 0 aromatic rings. The van der Waals surface area contributed by atoms with E-state index in [0.29, 0.717) is 0 Å². The van der Waals surface area contributed by atoms with E-state index in [1.165, 1.54) is 11.8 Å². The molecule has 0 aliphatic heterocycles. The molecule has 2 N–H and O–H groups in total. The fourth-order valence-corrected chi connectivity index (χ4v) is 1.10. The van der Waals surface area contributed by atoms with Crippen LogP contribution in [-0.4, -0.2) is 53.8 Å². The zero-order chi connectivity index (χ0) is 13.8. The topological polar surface area (TPSA) is 78.9 Å². The minimum absolute atomic E-state index is 0.383. The van der Waals surface area contributed by atoms with Crippen molar-refractivity contribution in [3.63, 3.8) is 0 Å². The molecule has 0 rings (SSSR count). The Hall–Kier alpha value is -1.30. The fraction of sp³-hybridized carbons (Fsp3) is 0.818. The van der Waals surface area contributed by atoms with Crippen molar-refractivity contribution in [1.29, 1.82) is 0 Å². The van der Waals surface area contributed by atoms with E-state index in [-0.39, 0.29) is 5.91 Å². The van der Waals surface area contributed by atoms with Crippen molar-refractivity contribution in [2.75, 3.05) is 14.1 Å². The zero-order valence-corrected chi connectivity index (χ0v) is 11.3. The maximum Gasteiger partial charge on any atom is 0.408 e. The number of amides is 2. The van der Waals surface area contributed by atoms with Crippen LogP contribution in [0.4, 0.5) is 4.79 Å². The van der Waals surface area contributed by atoms with Gasteiger partial charge in [0.15, 0.2) is 0 Å². The molecule has 0 aliphatic rings. The van der Waals surface area contributed by atoms with Gasteiger partial charge in [0.1, 0.15) is 11.6 Å². The predicted octanol–water partition coefficient (Wildman–Crippen LogP) is 0.349. The minimum atomic E-state index is -1.00. The number of carbonyl (C=O) groups is 2. The van der Waals surface area contributed by atoms with Crippen molar-refractivity contribution in [2.45, 2.75) is 45.4 Å². The van der Waals surface area contributed by atoms with Crippen LogP contribution in [0.2, 0.25) is 0 Å². The second-order valence-electron chi connectivity index (χ2n) is 5.10. The molecule has 100 valence electrons. The molecule has 17 heavy (non-hydrogen) atoms. The van der Waals surface area contributed by atoms with Gasteiger partial charge in [-0.1, -0.05) is 0 Å². The Morgan fingerprint density at radius 2 is 1.76 bits per heavy atom. The van der Waals surface area contributed by atoms with Crippen LogP contribution < -0.4 is 5.32 Å². The first-order chi connectivity index (χ1) is 7.54. The largest absolute Gasteiger partial charge is 0.444 e. The first kappa shape index (κ1) is 15.7. The molecule has 6 heteroatoms. The van der Waals surface area contributed by atoms with E-state index in [0.717, 1.165) is 0 Å². The zero-order valence-electron chi connectivity index (χ0n) is 11.3. The third kappa shape index (κ3) is 6.11. The van der Waals surface area contributed by atoms with Crippen molar-refractivity contribution < 1.29 is 19.4 Å². The quantitative estimate of drug-likeness (QED) is 0.753. The van der Waals surface area contributed by atoms with Crippen molar-refractivity contribution >= 4 is 12.0 Å². The van der Waals surface area contributed by atoms with E-state index in [1.807, 2.05) is 0 Å². The van der Waals surface area contributed by atoms with E-state index < -0.39 is 23.8 Å². The van der Waals surface area contributed by atoms with Gasteiger partial charge in [-0.15, -0.1) is 0 Å². The molecule has 0 spiro atoms. The van der Waals surface area contributed by atoms with Gasteiger partial charge in [0.25, 0.3) is 0 Å². The normalized spacial score (nSPS) is 14.8.